The minimum absolute atomic E-state index is 0.0400. The Kier molecular flexibility index (Phi) is 5.78. The van der Waals surface area contributed by atoms with E-state index >= 15 is 0 Å². The lowest BCUT2D eigenvalue weighted by molar-refractivity contribution is -0.146. The van der Waals surface area contributed by atoms with Crippen LogP contribution in [0.4, 0.5) is 0 Å². The van der Waals surface area contributed by atoms with Gasteiger partial charge in [-0.2, -0.15) is 0 Å². The summed E-state index contributed by atoms with van der Waals surface area (Å²) in [6, 6.07) is 5.10. The van der Waals surface area contributed by atoms with E-state index in [1.165, 1.54) is 0 Å². The Morgan fingerprint density at radius 1 is 1.38 bits per heavy atom. The lowest BCUT2D eigenvalue weighted by Gasteiger charge is -2.20. The van der Waals surface area contributed by atoms with Gasteiger partial charge in [0.05, 0.1) is 17.1 Å². The molecule has 2 N–H and O–H groups in total. The van der Waals surface area contributed by atoms with Gasteiger partial charge in [0, 0.05) is 11.0 Å². The quantitative estimate of drug-likeness (QED) is 0.820. The minimum atomic E-state index is -1.02. The molecule has 0 aliphatic rings. The average molecular weight is 358 g/mol. The number of carbonyl (C=O) groups is 2. The molecule has 0 spiro atoms. The van der Waals surface area contributed by atoms with Crippen LogP contribution in [-0.4, -0.2) is 29.6 Å². The summed E-state index contributed by atoms with van der Waals surface area (Å²) in [4.78, 5) is 23.3. The average Bonchev–Trinajstić information content (AvgIpc) is 2.35. The van der Waals surface area contributed by atoms with Gasteiger partial charge in [-0.1, -0.05) is 15.9 Å². The maximum absolute atomic E-state index is 12.2. The summed E-state index contributed by atoms with van der Waals surface area (Å²) in [6.45, 7) is 6.90. The zero-order valence-corrected chi connectivity index (χ0v) is 14.2. The van der Waals surface area contributed by atoms with Crippen LogP contribution in [0.25, 0.3) is 0 Å². The fraction of sp³-hybridized carbons (Fsp3) is 0.467. The molecule has 1 aromatic carbocycles. The SMILES string of the molecule is CC(C)Oc1cc(Br)ccc1C(=O)NCC(C)(C)C(=O)O. The van der Waals surface area contributed by atoms with Gasteiger partial charge >= 0.3 is 5.97 Å². The van der Waals surface area contributed by atoms with Crippen LogP contribution in [-0.2, 0) is 4.79 Å². The van der Waals surface area contributed by atoms with E-state index in [4.69, 9.17) is 9.84 Å². The number of carbonyl (C=O) groups excluding carboxylic acids is 1. The molecule has 0 bridgehead atoms. The molecule has 0 aliphatic carbocycles. The first-order chi connectivity index (χ1) is 9.63. The molecule has 0 aliphatic heterocycles. The topological polar surface area (TPSA) is 75.6 Å². The zero-order valence-electron chi connectivity index (χ0n) is 12.6. The van der Waals surface area contributed by atoms with E-state index in [1.807, 2.05) is 13.8 Å². The summed E-state index contributed by atoms with van der Waals surface area (Å²) < 4.78 is 6.43. The van der Waals surface area contributed by atoms with E-state index in [0.717, 1.165) is 4.47 Å². The fourth-order valence-electron chi connectivity index (χ4n) is 1.51. The van der Waals surface area contributed by atoms with Crippen molar-refractivity contribution < 1.29 is 19.4 Å². The number of hydrogen-bond donors (Lipinski definition) is 2. The molecule has 0 radical (unpaired) electrons. The second-order valence-corrected chi connectivity index (χ2v) is 6.59. The van der Waals surface area contributed by atoms with Crippen molar-refractivity contribution in [1.29, 1.82) is 0 Å². The van der Waals surface area contributed by atoms with E-state index in [2.05, 4.69) is 21.2 Å². The molecule has 0 aromatic heterocycles. The molecule has 0 atom stereocenters. The minimum Gasteiger partial charge on any atom is -0.490 e. The standard InChI is InChI=1S/C15H20BrNO4/c1-9(2)21-12-7-10(16)5-6-11(12)13(18)17-8-15(3,4)14(19)20/h5-7,9H,8H2,1-4H3,(H,17,18)(H,19,20). The van der Waals surface area contributed by atoms with Gasteiger partial charge in [0.2, 0.25) is 0 Å². The maximum atomic E-state index is 12.2. The van der Waals surface area contributed by atoms with E-state index in [9.17, 15) is 9.59 Å². The lowest BCUT2D eigenvalue weighted by atomic mass is 9.94. The largest absolute Gasteiger partial charge is 0.490 e. The summed E-state index contributed by atoms with van der Waals surface area (Å²) in [5.41, 5.74) is -0.641. The number of aliphatic carboxylic acids is 1. The molecule has 6 heteroatoms. The molecule has 116 valence electrons. The van der Waals surface area contributed by atoms with Crippen LogP contribution in [0.15, 0.2) is 22.7 Å². The highest BCUT2D eigenvalue weighted by Crippen LogP contribution is 2.25. The van der Waals surface area contributed by atoms with Crippen LogP contribution < -0.4 is 10.1 Å². The summed E-state index contributed by atoms with van der Waals surface area (Å²) >= 11 is 3.34. The van der Waals surface area contributed by atoms with Crippen LogP contribution in [0.2, 0.25) is 0 Å². The molecule has 5 nitrogen and oxygen atoms in total. The Bertz CT molecular complexity index is 540. The smallest absolute Gasteiger partial charge is 0.310 e. The van der Waals surface area contributed by atoms with Gasteiger partial charge in [0.25, 0.3) is 5.91 Å². The van der Waals surface area contributed by atoms with E-state index < -0.39 is 11.4 Å². The number of carboxylic acid groups (broad SMARTS) is 1. The van der Waals surface area contributed by atoms with Crippen molar-refractivity contribution in [3.05, 3.63) is 28.2 Å². The Hall–Kier alpha value is -1.56. The first-order valence-electron chi connectivity index (χ1n) is 6.61. The zero-order chi connectivity index (χ0) is 16.2. The number of amides is 1. The summed E-state index contributed by atoms with van der Waals surface area (Å²) in [7, 11) is 0. The van der Waals surface area contributed by atoms with Crippen molar-refractivity contribution in [2.24, 2.45) is 5.41 Å². The number of rotatable bonds is 6. The second kappa shape index (κ2) is 6.93. The van der Waals surface area contributed by atoms with Gasteiger partial charge < -0.3 is 15.2 Å². The van der Waals surface area contributed by atoms with Gasteiger partial charge in [0.15, 0.2) is 0 Å². The molecule has 0 saturated carbocycles. The highest BCUT2D eigenvalue weighted by molar-refractivity contribution is 9.10. The van der Waals surface area contributed by atoms with E-state index in [1.54, 1.807) is 32.0 Å². The van der Waals surface area contributed by atoms with Gasteiger partial charge in [0.1, 0.15) is 5.75 Å². The van der Waals surface area contributed by atoms with Crippen molar-refractivity contribution in [2.45, 2.75) is 33.8 Å². The molecule has 0 saturated heterocycles. The van der Waals surface area contributed by atoms with Crippen LogP contribution in [0.1, 0.15) is 38.1 Å². The first kappa shape index (κ1) is 17.5. The Balaban J connectivity index is 2.90. The lowest BCUT2D eigenvalue weighted by Crippen LogP contribution is -2.39. The fourth-order valence-corrected chi connectivity index (χ4v) is 1.85. The van der Waals surface area contributed by atoms with Gasteiger partial charge in [-0.15, -0.1) is 0 Å². The Morgan fingerprint density at radius 2 is 2.00 bits per heavy atom. The van der Waals surface area contributed by atoms with Crippen molar-refractivity contribution in [2.75, 3.05) is 6.54 Å². The Labute approximate surface area is 132 Å². The number of halogens is 1. The molecule has 21 heavy (non-hydrogen) atoms. The number of ether oxygens (including phenoxy) is 1. The molecular formula is C15H20BrNO4. The van der Waals surface area contributed by atoms with Gasteiger partial charge in [-0.3, -0.25) is 9.59 Å². The molecular weight excluding hydrogens is 338 g/mol. The number of benzene rings is 1. The third-order valence-electron chi connectivity index (χ3n) is 2.82. The molecule has 1 rings (SSSR count). The second-order valence-electron chi connectivity index (χ2n) is 5.68. The van der Waals surface area contributed by atoms with Crippen LogP contribution in [0.5, 0.6) is 5.75 Å². The van der Waals surface area contributed by atoms with Crippen molar-refractivity contribution >= 4 is 27.8 Å². The highest BCUT2D eigenvalue weighted by atomic mass is 79.9. The van der Waals surface area contributed by atoms with Crippen molar-refractivity contribution in [3.8, 4) is 5.75 Å². The third kappa shape index (κ3) is 5.04. The van der Waals surface area contributed by atoms with E-state index in [-0.39, 0.29) is 18.6 Å². The number of nitrogens with one attached hydrogen (secondary N) is 1. The molecule has 0 heterocycles. The summed E-state index contributed by atoms with van der Waals surface area (Å²) in [5.74, 6) is -0.852. The molecule has 0 fully saturated rings. The van der Waals surface area contributed by atoms with Gasteiger partial charge in [-0.25, -0.2) is 0 Å². The molecule has 1 amide bonds. The normalized spacial score (nSPS) is 11.3. The number of hydrogen-bond acceptors (Lipinski definition) is 3. The predicted molar refractivity (Wildman–Crippen MR) is 83.7 cm³/mol. The molecule has 0 unspecified atom stereocenters. The van der Waals surface area contributed by atoms with Crippen LogP contribution in [0, 0.1) is 5.41 Å². The van der Waals surface area contributed by atoms with Gasteiger partial charge in [-0.05, 0) is 45.9 Å². The maximum Gasteiger partial charge on any atom is 0.310 e. The number of carboxylic acids is 1. The van der Waals surface area contributed by atoms with Crippen LogP contribution >= 0.6 is 15.9 Å². The highest BCUT2D eigenvalue weighted by Gasteiger charge is 2.28. The van der Waals surface area contributed by atoms with E-state index in [0.29, 0.717) is 11.3 Å². The summed E-state index contributed by atoms with van der Waals surface area (Å²) in [5, 5.41) is 11.7. The van der Waals surface area contributed by atoms with Crippen LogP contribution in [0.3, 0.4) is 0 Å². The monoisotopic (exact) mass is 357 g/mol. The third-order valence-corrected chi connectivity index (χ3v) is 3.31. The first-order valence-corrected chi connectivity index (χ1v) is 7.40. The predicted octanol–water partition coefficient (Wildman–Crippen LogP) is 3.08. The van der Waals surface area contributed by atoms with Crippen molar-refractivity contribution in [1.82, 2.24) is 5.32 Å². The summed E-state index contributed by atoms with van der Waals surface area (Å²) in [6.07, 6.45) is -0.0682. The molecule has 1 aromatic rings. The Morgan fingerprint density at radius 3 is 2.52 bits per heavy atom. The van der Waals surface area contributed by atoms with Crippen molar-refractivity contribution in [3.63, 3.8) is 0 Å².